The normalized spacial score (nSPS) is 15.2. The molecule has 0 atom stereocenters. The van der Waals surface area contributed by atoms with Gasteiger partial charge in [-0.15, -0.1) is 0 Å². The van der Waals surface area contributed by atoms with Gasteiger partial charge < -0.3 is 10.2 Å². The molecule has 1 heterocycles. The Morgan fingerprint density at radius 3 is 2.31 bits per heavy atom. The Bertz CT molecular complexity index is 779. The quantitative estimate of drug-likeness (QED) is 0.759. The van der Waals surface area contributed by atoms with Crippen molar-refractivity contribution in [2.45, 2.75) is 12.8 Å². The molecule has 0 saturated carbocycles. The molecule has 0 unspecified atom stereocenters. The van der Waals surface area contributed by atoms with Gasteiger partial charge in [-0.3, -0.25) is 9.59 Å². The van der Waals surface area contributed by atoms with E-state index in [2.05, 4.69) is 21.2 Å². The van der Waals surface area contributed by atoms with Crippen molar-refractivity contribution in [2.75, 3.05) is 18.4 Å². The molecule has 134 valence electrons. The molecule has 0 spiro atoms. The third-order valence-corrected chi connectivity index (χ3v) is 5.04. The first-order chi connectivity index (χ1) is 12.6. The SMILES string of the molecule is O=C(Nc1ccc(Br)cc1)C1CCN(C(=O)/C=C/c2ccccc2)CC1. The number of nitrogens with zero attached hydrogens (tertiary/aromatic N) is 1. The Hall–Kier alpha value is -2.40. The average molecular weight is 413 g/mol. The van der Waals surface area contributed by atoms with E-state index in [0.29, 0.717) is 25.9 Å². The molecule has 1 saturated heterocycles. The highest BCUT2D eigenvalue weighted by atomic mass is 79.9. The standard InChI is InChI=1S/C21H21BrN2O2/c22-18-7-9-19(10-8-18)23-21(26)17-12-14-24(15-13-17)20(25)11-6-16-4-2-1-3-5-16/h1-11,17H,12-15H2,(H,23,26)/b11-6+. The molecule has 2 amide bonds. The highest BCUT2D eigenvalue weighted by molar-refractivity contribution is 9.10. The second-order valence-electron chi connectivity index (χ2n) is 6.34. The van der Waals surface area contributed by atoms with E-state index in [1.807, 2.05) is 65.6 Å². The lowest BCUT2D eigenvalue weighted by atomic mass is 9.95. The van der Waals surface area contributed by atoms with Crippen LogP contribution in [-0.4, -0.2) is 29.8 Å². The Balaban J connectivity index is 1.49. The fraction of sp³-hybridized carbons (Fsp3) is 0.238. The van der Waals surface area contributed by atoms with Crippen LogP contribution < -0.4 is 5.32 Å². The van der Waals surface area contributed by atoms with Crippen molar-refractivity contribution in [2.24, 2.45) is 5.92 Å². The summed E-state index contributed by atoms with van der Waals surface area (Å²) < 4.78 is 0.978. The van der Waals surface area contributed by atoms with Crippen LogP contribution in [0.25, 0.3) is 6.08 Å². The van der Waals surface area contributed by atoms with Gasteiger partial charge in [-0.1, -0.05) is 46.3 Å². The molecular formula is C21H21BrN2O2. The summed E-state index contributed by atoms with van der Waals surface area (Å²) in [5.74, 6) is -0.0272. The molecule has 1 N–H and O–H groups in total. The Kier molecular flexibility index (Phi) is 6.23. The van der Waals surface area contributed by atoms with Gasteiger partial charge in [0.2, 0.25) is 11.8 Å². The van der Waals surface area contributed by atoms with Crippen LogP contribution in [0.15, 0.2) is 65.1 Å². The number of carbonyl (C=O) groups is 2. The van der Waals surface area contributed by atoms with Gasteiger partial charge in [0.15, 0.2) is 0 Å². The Morgan fingerprint density at radius 1 is 1.00 bits per heavy atom. The number of halogens is 1. The molecule has 0 bridgehead atoms. The Labute approximate surface area is 162 Å². The third kappa shape index (κ3) is 5.05. The number of carbonyl (C=O) groups excluding carboxylic acids is 2. The first-order valence-corrected chi connectivity index (χ1v) is 9.49. The number of anilines is 1. The lowest BCUT2D eigenvalue weighted by molar-refractivity contribution is -0.130. The summed E-state index contributed by atoms with van der Waals surface area (Å²) in [4.78, 5) is 26.5. The number of likely N-dealkylation sites (tertiary alicyclic amines) is 1. The molecule has 2 aromatic carbocycles. The maximum atomic E-state index is 12.4. The van der Waals surface area contributed by atoms with Gasteiger partial charge in [0.25, 0.3) is 0 Å². The molecule has 3 rings (SSSR count). The number of nitrogens with one attached hydrogen (secondary N) is 1. The van der Waals surface area contributed by atoms with Crippen LogP contribution in [0.5, 0.6) is 0 Å². The summed E-state index contributed by atoms with van der Waals surface area (Å²) in [5.41, 5.74) is 1.80. The van der Waals surface area contributed by atoms with E-state index in [9.17, 15) is 9.59 Å². The van der Waals surface area contributed by atoms with E-state index in [0.717, 1.165) is 15.7 Å². The van der Waals surface area contributed by atoms with Crippen molar-refractivity contribution >= 4 is 39.5 Å². The van der Waals surface area contributed by atoms with E-state index >= 15 is 0 Å². The van der Waals surface area contributed by atoms with Crippen molar-refractivity contribution in [3.63, 3.8) is 0 Å². The summed E-state index contributed by atoms with van der Waals surface area (Å²) in [6, 6.07) is 17.3. The molecule has 0 aromatic heterocycles. The van der Waals surface area contributed by atoms with Gasteiger partial charge in [-0.2, -0.15) is 0 Å². The third-order valence-electron chi connectivity index (χ3n) is 4.51. The van der Waals surface area contributed by atoms with Gasteiger partial charge in [-0.05, 0) is 48.7 Å². The van der Waals surface area contributed by atoms with Crippen LogP contribution in [0.3, 0.4) is 0 Å². The van der Waals surface area contributed by atoms with E-state index in [4.69, 9.17) is 0 Å². The largest absolute Gasteiger partial charge is 0.339 e. The molecule has 4 nitrogen and oxygen atoms in total. The minimum atomic E-state index is -0.0548. The number of piperidine rings is 1. The smallest absolute Gasteiger partial charge is 0.246 e. The predicted molar refractivity (Wildman–Crippen MR) is 108 cm³/mol. The van der Waals surface area contributed by atoms with Crippen LogP contribution in [0.2, 0.25) is 0 Å². The minimum Gasteiger partial charge on any atom is -0.339 e. The highest BCUT2D eigenvalue weighted by Gasteiger charge is 2.26. The lowest BCUT2D eigenvalue weighted by Gasteiger charge is -2.30. The number of hydrogen-bond donors (Lipinski definition) is 1. The zero-order valence-electron chi connectivity index (χ0n) is 14.4. The molecule has 26 heavy (non-hydrogen) atoms. The van der Waals surface area contributed by atoms with Crippen molar-refractivity contribution < 1.29 is 9.59 Å². The Morgan fingerprint density at radius 2 is 1.65 bits per heavy atom. The summed E-state index contributed by atoms with van der Waals surface area (Å²) in [7, 11) is 0. The predicted octanol–water partition coefficient (Wildman–Crippen LogP) is 4.34. The molecule has 1 aliphatic rings. The molecular weight excluding hydrogens is 392 g/mol. The van der Waals surface area contributed by atoms with Crippen molar-refractivity contribution in [3.05, 3.63) is 70.7 Å². The molecule has 5 heteroatoms. The molecule has 2 aromatic rings. The van der Waals surface area contributed by atoms with E-state index in [1.165, 1.54) is 0 Å². The van der Waals surface area contributed by atoms with Crippen LogP contribution in [0, 0.1) is 5.92 Å². The zero-order chi connectivity index (χ0) is 18.4. The van der Waals surface area contributed by atoms with Crippen LogP contribution >= 0.6 is 15.9 Å². The monoisotopic (exact) mass is 412 g/mol. The van der Waals surface area contributed by atoms with Crippen molar-refractivity contribution in [1.29, 1.82) is 0 Å². The number of amides is 2. The molecule has 1 fully saturated rings. The van der Waals surface area contributed by atoms with Gasteiger partial charge >= 0.3 is 0 Å². The number of hydrogen-bond acceptors (Lipinski definition) is 2. The van der Waals surface area contributed by atoms with E-state index in [1.54, 1.807) is 6.08 Å². The van der Waals surface area contributed by atoms with Crippen LogP contribution in [0.1, 0.15) is 18.4 Å². The summed E-state index contributed by atoms with van der Waals surface area (Å²) in [6.07, 6.45) is 4.81. The topological polar surface area (TPSA) is 49.4 Å². The fourth-order valence-corrected chi connectivity index (χ4v) is 3.24. The van der Waals surface area contributed by atoms with Gasteiger partial charge in [0.1, 0.15) is 0 Å². The number of rotatable bonds is 4. The average Bonchev–Trinajstić information content (AvgIpc) is 2.69. The summed E-state index contributed by atoms with van der Waals surface area (Å²) in [6.45, 7) is 1.22. The molecule has 0 aliphatic carbocycles. The summed E-state index contributed by atoms with van der Waals surface area (Å²) in [5, 5.41) is 2.95. The zero-order valence-corrected chi connectivity index (χ0v) is 16.0. The molecule has 1 aliphatic heterocycles. The van der Waals surface area contributed by atoms with Gasteiger partial charge in [-0.25, -0.2) is 0 Å². The maximum Gasteiger partial charge on any atom is 0.246 e. The first kappa shape index (κ1) is 18.4. The second kappa shape index (κ2) is 8.81. The number of benzene rings is 2. The second-order valence-corrected chi connectivity index (χ2v) is 7.26. The van der Waals surface area contributed by atoms with E-state index < -0.39 is 0 Å². The van der Waals surface area contributed by atoms with Crippen molar-refractivity contribution in [1.82, 2.24) is 4.90 Å². The van der Waals surface area contributed by atoms with Crippen molar-refractivity contribution in [3.8, 4) is 0 Å². The van der Waals surface area contributed by atoms with Gasteiger partial charge in [0.05, 0.1) is 0 Å². The van der Waals surface area contributed by atoms with Crippen LogP contribution in [-0.2, 0) is 9.59 Å². The lowest BCUT2D eigenvalue weighted by Crippen LogP contribution is -2.40. The maximum absolute atomic E-state index is 12.4. The van der Waals surface area contributed by atoms with E-state index in [-0.39, 0.29) is 17.7 Å². The highest BCUT2D eigenvalue weighted by Crippen LogP contribution is 2.21. The summed E-state index contributed by atoms with van der Waals surface area (Å²) >= 11 is 3.38. The van der Waals surface area contributed by atoms with Crippen LogP contribution in [0.4, 0.5) is 5.69 Å². The first-order valence-electron chi connectivity index (χ1n) is 8.70. The molecule has 0 radical (unpaired) electrons. The fourth-order valence-electron chi connectivity index (χ4n) is 2.98. The minimum absolute atomic E-state index is 0.000575. The van der Waals surface area contributed by atoms with Gasteiger partial charge in [0, 0.05) is 35.2 Å².